The number of halogens is 1. The molecule has 8 heteroatoms. The zero-order chi connectivity index (χ0) is 27.6. The van der Waals surface area contributed by atoms with Crippen molar-refractivity contribution in [1.82, 2.24) is 30.1 Å². The van der Waals surface area contributed by atoms with Crippen molar-refractivity contribution in [3.05, 3.63) is 123 Å². The number of hydrogen-bond donors (Lipinski definition) is 1. The molecule has 40 heavy (non-hydrogen) atoms. The van der Waals surface area contributed by atoms with Crippen molar-refractivity contribution in [2.45, 2.75) is 45.7 Å². The Labute approximate surface area is 232 Å². The van der Waals surface area contributed by atoms with Crippen LogP contribution in [0.2, 0.25) is 0 Å². The van der Waals surface area contributed by atoms with Crippen LogP contribution in [0.1, 0.15) is 52.5 Å². The molecular weight excluding hydrogens is 503 g/mol. The Kier molecular flexibility index (Phi) is 7.26. The second-order valence-corrected chi connectivity index (χ2v) is 10.9. The van der Waals surface area contributed by atoms with Gasteiger partial charge in [-0.2, -0.15) is 0 Å². The molecule has 5 aromatic rings. The van der Waals surface area contributed by atoms with E-state index in [0.29, 0.717) is 23.9 Å². The molecule has 7 nitrogen and oxygen atoms in total. The molecule has 3 heterocycles. The van der Waals surface area contributed by atoms with Gasteiger partial charge >= 0.3 is 0 Å². The molecule has 3 aromatic carbocycles. The third-order valence-electron chi connectivity index (χ3n) is 8.20. The van der Waals surface area contributed by atoms with Crippen LogP contribution in [-0.2, 0) is 13.0 Å². The van der Waals surface area contributed by atoms with Gasteiger partial charge in [-0.1, -0.05) is 54.6 Å². The summed E-state index contributed by atoms with van der Waals surface area (Å²) in [4.78, 5) is 19.2. The van der Waals surface area contributed by atoms with E-state index in [0.717, 1.165) is 59.9 Å². The highest BCUT2D eigenvalue weighted by Gasteiger charge is 2.33. The number of rotatable bonds is 7. The summed E-state index contributed by atoms with van der Waals surface area (Å²) in [7, 11) is 0. The van der Waals surface area contributed by atoms with Crippen LogP contribution in [0.3, 0.4) is 0 Å². The number of likely N-dealkylation sites (tertiary alicyclic amines) is 1. The molecule has 6 rings (SSSR count). The molecule has 1 N–H and O–H groups in total. The van der Waals surface area contributed by atoms with Crippen molar-refractivity contribution in [3.8, 4) is 0 Å². The molecule has 1 aliphatic heterocycles. The van der Waals surface area contributed by atoms with Crippen LogP contribution in [0.25, 0.3) is 10.9 Å². The monoisotopic (exact) mass is 536 g/mol. The third-order valence-corrected chi connectivity index (χ3v) is 8.20. The quantitative estimate of drug-likeness (QED) is 0.303. The van der Waals surface area contributed by atoms with Gasteiger partial charge in [-0.05, 0) is 103 Å². The maximum atomic E-state index is 13.7. The van der Waals surface area contributed by atoms with Gasteiger partial charge in [0.25, 0.3) is 5.56 Å². The van der Waals surface area contributed by atoms with Crippen molar-refractivity contribution in [2.24, 2.45) is 5.92 Å². The predicted molar refractivity (Wildman–Crippen MR) is 154 cm³/mol. The lowest BCUT2D eigenvalue weighted by atomic mass is 9.88. The Hall–Kier alpha value is -4.17. The first-order valence-electron chi connectivity index (χ1n) is 13.9. The highest BCUT2D eigenvalue weighted by Crippen LogP contribution is 2.33. The molecule has 0 amide bonds. The number of tetrazole rings is 1. The van der Waals surface area contributed by atoms with E-state index in [2.05, 4.69) is 68.7 Å². The van der Waals surface area contributed by atoms with Crippen molar-refractivity contribution in [3.63, 3.8) is 0 Å². The number of H-pyrrole nitrogens is 1. The first kappa shape index (κ1) is 26.1. The predicted octanol–water partition coefficient (Wildman–Crippen LogP) is 5.36. The Bertz CT molecular complexity index is 1670. The highest BCUT2D eigenvalue weighted by atomic mass is 19.1. The van der Waals surface area contributed by atoms with E-state index in [1.807, 2.05) is 19.1 Å². The second-order valence-electron chi connectivity index (χ2n) is 10.9. The summed E-state index contributed by atoms with van der Waals surface area (Å²) in [5.41, 5.74) is 5.74. The minimum absolute atomic E-state index is 0.131. The van der Waals surface area contributed by atoms with Crippen molar-refractivity contribution >= 4 is 10.9 Å². The molecule has 0 bridgehead atoms. The topological polar surface area (TPSA) is 79.7 Å². The van der Waals surface area contributed by atoms with Gasteiger partial charge in [-0.3, -0.25) is 9.69 Å². The molecule has 0 spiro atoms. The van der Waals surface area contributed by atoms with Crippen LogP contribution in [0.4, 0.5) is 4.39 Å². The lowest BCUT2D eigenvalue weighted by Gasteiger charge is -2.37. The van der Waals surface area contributed by atoms with Gasteiger partial charge < -0.3 is 4.98 Å². The number of aromatic nitrogens is 5. The number of fused-ring (bicyclic) bond motifs is 1. The van der Waals surface area contributed by atoms with Crippen LogP contribution >= 0.6 is 0 Å². The fraction of sp³-hybridized carbons (Fsp3) is 0.312. The number of nitrogens with one attached hydrogen (secondary N) is 1. The van der Waals surface area contributed by atoms with E-state index in [9.17, 15) is 9.18 Å². The van der Waals surface area contributed by atoms with Crippen LogP contribution in [0, 0.1) is 25.6 Å². The molecule has 0 aliphatic carbocycles. The molecule has 204 valence electrons. The standard InChI is InChI=1S/C32H33FN6O/c1-21-8-9-22(2)29-27(21)19-28(32(40)34-29)30(31-35-36-37-39(31)20-25-10-12-26(33)13-11-25)38-16-14-24(15-17-38)18-23-6-4-3-5-7-23/h3-13,19,24,30H,14-18,20H2,1-2H3,(H,34,40)/t30-/m1/s1. The minimum atomic E-state index is -0.416. The SMILES string of the molecule is Cc1ccc(C)c2[nH]c(=O)c([C@H](c3nnnn3Cc3ccc(F)cc3)N3CCC(Cc4ccccc4)CC3)cc12. The van der Waals surface area contributed by atoms with Gasteiger partial charge in [0.05, 0.1) is 12.1 Å². The average molecular weight is 537 g/mol. The van der Waals surface area contributed by atoms with E-state index in [1.165, 1.54) is 17.7 Å². The fourth-order valence-corrected chi connectivity index (χ4v) is 5.94. The maximum Gasteiger partial charge on any atom is 0.253 e. The number of hydrogen-bond acceptors (Lipinski definition) is 5. The number of piperidine rings is 1. The Morgan fingerprint density at radius 3 is 2.42 bits per heavy atom. The Morgan fingerprint density at radius 1 is 0.950 bits per heavy atom. The summed E-state index contributed by atoms with van der Waals surface area (Å²) in [6, 6.07) is 22.7. The van der Waals surface area contributed by atoms with Gasteiger partial charge in [-0.15, -0.1) is 5.10 Å². The van der Waals surface area contributed by atoms with Crippen LogP contribution < -0.4 is 5.56 Å². The smallest absolute Gasteiger partial charge is 0.253 e. The van der Waals surface area contributed by atoms with E-state index >= 15 is 0 Å². The van der Waals surface area contributed by atoms with Crippen LogP contribution in [0.5, 0.6) is 0 Å². The van der Waals surface area contributed by atoms with Crippen LogP contribution in [0.15, 0.2) is 77.6 Å². The number of benzene rings is 3. The first-order chi connectivity index (χ1) is 19.5. The number of nitrogens with zero attached hydrogens (tertiary/aromatic N) is 5. The average Bonchev–Trinajstić information content (AvgIpc) is 3.42. The fourth-order valence-electron chi connectivity index (χ4n) is 5.94. The minimum Gasteiger partial charge on any atom is -0.321 e. The number of pyridine rings is 1. The molecule has 1 aliphatic rings. The largest absolute Gasteiger partial charge is 0.321 e. The second kappa shape index (κ2) is 11.1. The molecular formula is C32H33FN6O. The summed E-state index contributed by atoms with van der Waals surface area (Å²) in [5, 5.41) is 13.8. The summed E-state index contributed by atoms with van der Waals surface area (Å²) in [5.74, 6) is 0.903. The Balaban J connectivity index is 1.37. The normalized spacial score (nSPS) is 15.5. The molecule has 1 saturated heterocycles. The number of aromatic amines is 1. The molecule has 0 unspecified atom stereocenters. The first-order valence-corrected chi connectivity index (χ1v) is 13.9. The molecule has 1 atom stereocenters. The highest BCUT2D eigenvalue weighted by molar-refractivity contribution is 5.85. The van der Waals surface area contributed by atoms with Gasteiger partial charge in [0.2, 0.25) is 0 Å². The van der Waals surface area contributed by atoms with Gasteiger partial charge in [0, 0.05) is 10.9 Å². The lowest BCUT2D eigenvalue weighted by molar-refractivity contribution is 0.143. The van der Waals surface area contributed by atoms with Crippen molar-refractivity contribution in [2.75, 3.05) is 13.1 Å². The molecule has 1 fully saturated rings. The maximum absolute atomic E-state index is 13.7. The summed E-state index contributed by atoms with van der Waals surface area (Å²) in [6.07, 6.45) is 3.10. The van der Waals surface area contributed by atoms with E-state index < -0.39 is 6.04 Å². The van der Waals surface area contributed by atoms with Gasteiger partial charge in [0.15, 0.2) is 5.82 Å². The number of aryl methyl sites for hydroxylation is 2. The van der Waals surface area contributed by atoms with Gasteiger partial charge in [0.1, 0.15) is 11.9 Å². The molecule has 0 radical (unpaired) electrons. The zero-order valence-corrected chi connectivity index (χ0v) is 22.8. The van der Waals surface area contributed by atoms with Crippen molar-refractivity contribution < 1.29 is 4.39 Å². The molecule has 0 saturated carbocycles. The van der Waals surface area contributed by atoms with Crippen LogP contribution in [-0.4, -0.2) is 43.2 Å². The van der Waals surface area contributed by atoms with E-state index in [1.54, 1.807) is 16.8 Å². The lowest BCUT2D eigenvalue weighted by Crippen LogP contribution is -2.41. The van der Waals surface area contributed by atoms with E-state index in [-0.39, 0.29) is 11.4 Å². The third kappa shape index (κ3) is 5.31. The molecule has 2 aromatic heterocycles. The van der Waals surface area contributed by atoms with Gasteiger partial charge in [-0.25, -0.2) is 9.07 Å². The summed E-state index contributed by atoms with van der Waals surface area (Å²) in [6.45, 7) is 6.11. The van der Waals surface area contributed by atoms with Crippen molar-refractivity contribution in [1.29, 1.82) is 0 Å². The van der Waals surface area contributed by atoms with E-state index in [4.69, 9.17) is 0 Å². The summed E-state index contributed by atoms with van der Waals surface area (Å²) < 4.78 is 15.3. The zero-order valence-electron chi connectivity index (χ0n) is 22.8. The summed E-state index contributed by atoms with van der Waals surface area (Å²) >= 11 is 0. The Morgan fingerprint density at radius 2 is 1.68 bits per heavy atom.